The van der Waals surface area contributed by atoms with Crippen LogP contribution in [0, 0.1) is 5.41 Å². The third kappa shape index (κ3) is 4.61. The summed E-state index contributed by atoms with van der Waals surface area (Å²) in [5.41, 5.74) is -0.673. The number of aliphatic hydroxyl groups is 1. The highest BCUT2D eigenvalue weighted by Gasteiger charge is 2.30. The van der Waals surface area contributed by atoms with Gasteiger partial charge in [-0.2, -0.15) is 0 Å². The van der Waals surface area contributed by atoms with Gasteiger partial charge in [-0.1, -0.05) is 0 Å². The fraction of sp³-hybridized carbons (Fsp3) is 0.917. The van der Waals surface area contributed by atoms with E-state index in [-0.39, 0.29) is 6.61 Å². The molecule has 1 fully saturated rings. The average molecular weight is 244 g/mol. The molecule has 0 aromatic heterocycles. The Morgan fingerprint density at radius 2 is 1.71 bits per heavy atom. The lowest BCUT2D eigenvalue weighted by Crippen LogP contribution is -2.50. The number of rotatable bonds is 6. The van der Waals surface area contributed by atoms with Crippen LogP contribution in [0.2, 0.25) is 0 Å². The topological polar surface area (TPSA) is 64.0 Å². The molecule has 1 aliphatic heterocycles. The lowest BCUT2D eigenvalue weighted by atomic mass is 9.93. The number of aliphatic hydroxyl groups excluding tert-OH is 1. The van der Waals surface area contributed by atoms with Gasteiger partial charge in [0.05, 0.1) is 5.41 Å². The smallest absolute Gasteiger partial charge is 0.310 e. The summed E-state index contributed by atoms with van der Waals surface area (Å²) in [5, 5.41) is 17.8. The van der Waals surface area contributed by atoms with Crippen molar-refractivity contribution in [1.29, 1.82) is 0 Å². The highest BCUT2D eigenvalue weighted by Crippen LogP contribution is 2.18. The fourth-order valence-electron chi connectivity index (χ4n) is 2.09. The number of carbonyl (C=O) groups is 1. The molecule has 0 unspecified atom stereocenters. The van der Waals surface area contributed by atoms with Crippen LogP contribution in [0.4, 0.5) is 0 Å². The summed E-state index contributed by atoms with van der Waals surface area (Å²) >= 11 is 0. The fourth-order valence-corrected chi connectivity index (χ4v) is 2.09. The second-order valence-corrected chi connectivity index (χ2v) is 5.38. The van der Waals surface area contributed by atoms with Crippen LogP contribution < -0.4 is 0 Å². The summed E-state index contributed by atoms with van der Waals surface area (Å²) in [7, 11) is 0. The van der Waals surface area contributed by atoms with Gasteiger partial charge in [-0.05, 0) is 20.3 Å². The summed E-state index contributed by atoms with van der Waals surface area (Å²) in [5.74, 6) is -0.736. The quantitative estimate of drug-likeness (QED) is 0.693. The number of nitrogens with zero attached hydrogens (tertiary/aromatic N) is 2. The van der Waals surface area contributed by atoms with Crippen molar-refractivity contribution in [3.63, 3.8) is 0 Å². The zero-order chi connectivity index (χ0) is 12.9. The van der Waals surface area contributed by atoms with Crippen LogP contribution in [0.5, 0.6) is 0 Å². The Balaban J connectivity index is 2.30. The molecular weight excluding hydrogens is 220 g/mol. The summed E-state index contributed by atoms with van der Waals surface area (Å²) < 4.78 is 0. The second-order valence-electron chi connectivity index (χ2n) is 5.38. The molecular formula is C12H24N2O3. The number of carboxylic acids is 1. The van der Waals surface area contributed by atoms with Crippen LogP contribution in [0.1, 0.15) is 20.3 Å². The lowest BCUT2D eigenvalue weighted by molar-refractivity contribution is -0.148. The van der Waals surface area contributed by atoms with Crippen molar-refractivity contribution in [1.82, 2.24) is 9.80 Å². The molecule has 1 saturated heterocycles. The molecule has 0 saturated carbocycles. The van der Waals surface area contributed by atoms with Gasteiger partial charge in [-0.15, -0.1) is 0 Å². The van der Waals surface area contributed by atoms with Gasteiger partial charge < -0.3 is 15.1 Å². The second kappa shape index (κ2) is 6.33. The number of carboxylic acid groups (broad SMARTS) is 1. The third-order valence-corrected chi connectivity index (χ3v) is 3.30. The van der Waals surface area contributed by atoms with Gasteiger partial charge in [0.1, 0.15) is 0 Å². The molecule has 0 radical (unpaired) electrons. The summed E-state index contributed by atoms with van der Waals surface area (Å²) in [6.07, 6.45) is 0.820. The average Bonchev–Trinajstić information content (AvgIpc) is 2.27. The zero-order valence-electron chi connectivity index (χ0n) is 10.9. The first-order valence-electron chi connectivity index (χ1n) is 6.24. The maximum Gasteiger partial charge on any atom is 0.310 e. The molecule has 5 heteroatoms. The van der Waals surface area contributed by atoms with Gasteiger partial charge >= 0.3 is 5.97 Å². The molecule has 0 bridgehead atoms. The highest BCUT2D eigenvalue weighted by molar-refractivity contribution is 5.73. The summed E-state index contributed by atoms with van der Waals surface area (Å²) in [6, 6.07) is 0. The van der Waals surface area contributed by atoms with E-state index in [1.807, 2.05) is 0 Å². The van der Waals surface area contributed by atoms with Gasteiger partial charge in [0.2, 0.25) is 0 Å². The van der Waals surface area contributed by atoms with E-state index < -0.39 is 11.4 Å². The monoisotopic (exact) mass is 244 g/mol. The predicted octanol–water partition coefficient (Wildman–Crippen LogP) is 0.0972. The molecule has 17 heavy (non-hydrogen) atoms. The van der Waals surface area contributed by atoms with Crippen LogP contribution in [0.25, 0.3) is 0 Å². The van der Waals surface area contributed by atoms with Crippen molar-refractivity contribution >= 4 is 5.97 Å². The van der Waals surface area contributed by atoms with Gasteiger partial charge in [0, 0.05) is 45.9 Å². The van der Waals surface area contributed by atoms with E-state index in [0.29, 0.717) is 6.54 Å². The van der Waals surface area contributed by atoms with Crippen LogP contribution >= 0.6 is 0 Å². The minimum atomic E-state index is -0.736. The summed E-state index contributed by atoms with van der Waals surface area (Å²) in [6.45, 7) is 9.10. The number of hydrogen-bond donors (Lipinski definition) is 2. The molecule has 0 amide bonds. The minimum absolute atomic E-state index is 0.242. The van der Waals surface area contributed by atoms with E-state index in [1.54, 1.807) is 13.8 Å². The molecule has 2 N–H and O–H groups in total. The first-order chi connectivity index (χ1) is 7.95. The van der Waals surface area contributed by atoms with Crippen LogP contribution in [0.3, 0.4) is 0 Å². The SMILES string of the molecule is CC(C)(CN1CCN(CCCO)CC1)C(=O)O. The van der Waals surface area contributed by atoms with E-state index >= 15 is 0 Å². The lowest BCUT2D eigenvalue weighted by Gasteiger charge is -2.37. The van der Waals surface area contributed by atoms with Crippen molar-refractivity contribution in [2.75, 3.05) is 45.9 Å². The standard InChI is InChI=1S/C12H24N2O3/c1-12(2,11(16)17)10-14-7-5-13(6-8-14)4-3-9-15/h15H,3-10H2,1-2H3,(H,16,17). The molecule has 100 valence electrons. The Morgan fingerprint density at radius 1 is 1.18 bits per heavy atom. The number of hydrogen-bond acceptors (Lipinski definition) is 4. The van der Waals surface area contributed by atoms with E-state index in [4.69, 9.17) is 10.2 Å². The van der Waals surface area contributed by atoms with Crippen molar-refractivity contribution in [2.45, 2.75) is 20.3 Å². The Labute approximate surface area is 103 Å². The first-order valence-corrected chi connectivity index (χ1v) is 6.24. The maximum absolute atomic E-state index is 11.0. The largest absolute Gasteiger partial charge is 0.481 e. The maximum atomic E-state index is 11.0. The van der Waals surface area contributed by atoms with E-state index in [2.05, 4.69) is 9.80 Å². The Hall–Kier alpha value is -0.650. The first kappa shape index (κ1) is 14.4. The van der Waals surface area contributed by atoms with Crippen molar-refractivity contribution in [2.24, 2.45) is 5.41 Å². The third-order valence-electron chi connectivity index (χ3n) is 3.30. The molecule has 1 aliphatic rings. The van der Waals surface area contributed by atoms with Crippen LogP contribution in [-0.2, 0) is 4.79 Å². The summed E-state index contributed by atoms with van der Waals surface area (Å²) in [4.78, 5) is 15.6. The van der Waals surface area contributed by atoms with Crippen LogP contribution in [0.15, 0.2) is 0 Å². The molecule has 1 heterocycles. The van der Waals surface area contributed by atoms with Gasteiger partial charge in [0.25, 0.3) is 0 Å². The molecule has 0 aromatic carbocycles. The molecule has 1 rings (SSSR count). The highest BCUT2D eigenvalue weighted by atomic mass is 16.4. The van der Waals surface area contributed by atoms with Gasteiger partial charge in [-0.3, -0.25) is 9.69 Å². The van der Waals surface area contributed by atoms with E-state index in [1.165, 1.54) is 0 Å². The van der Waals surface area contributed by atoms with Crippen molar-refractivity contribution in [3.8, 4) is 0 Å². The Morgan fingerprint density at radius 3 is 2.18 bits per heavy atom. The number of aliphatic carboxylic acids is 1. The molecule has 0 spiro atoms. The predicted molar refractivity (Wildman–Crippen MR) is 66.0 cm³/mol. The van der Waals surface area contributed by atoms with Gasteiger partial charge in [-0.25, -0.2) is 0 Å². The van der Waals surface area contributed by atoms with Crippen molar-refractivity contribution in [3.05, 3.63) is 0 Å². The zero-order valence-corrected chi connectivity index (χ0v) is 10.9. The Bertz CT molecular complexity index is 248. The van der Waals surface area contributed by atoms with E-state index in [0.717, 1.165) is 39.1 Å². The van der Waals surface area contributed by atoms with Crippen molar-refractivity contribution < 1.29 is 15.0 Å². The molecule has 0 aromatic rings. The minimum Gasteiger partial charge on any atom is -0.481 e. The van der Waals surface area contributed by atoms with Crippen LogP contribution in [-0.4, -0.2) is 71.9 Å². The van der Waals surface area contributed by atoms with E-state index in [9.17, 15) is 4.79 Å². The molecule has 5 nitrogen and oxygen atoms in total. The normalized spacial score (nSPS) is 19.5. The Kier molecular flexibility index (Phi) is 5.36. The molecule has 0 aliphatic carbocycles. The number of piperazine rings is 1. The molecule has 0 atom stereocenters. The van der Waals surface area contributed by atoms with Gasteiger partial charge in [0.15, 0.2) is 0 Å².